The zero-order valence-corrected chi connectivity index (χ0v) is 24.0. The zero-order chi connectivity index (χ0) is 27.4. The predicted octanol–water partition coefficient (Wildman–Crippen LogP) is -2.75. The van der Waals surface area contributed by atoms with Crippen molar-refractivity contribution in [2.24, 2.45) is 11.5 Å². The summed E-state index contributed by atoms with van der Waals surface area (Å²) in [7, 11) is -3.35. The van der Waals surface area contributed by atoms with E-state index >= 15 is 4.57 Å². The lowest BCUT2D eigenvalue weighted by atomic mass is 10.2. The van der Waals surface area contributed by atoms with Crippen molar-refractivity contribution in [1.82, 2.24) is 4.90 Å². The van der Waals surface area contributed by atoms with E-state index in [9.17, 15) is 14.4 Å². The highest BCUT2D eigenvalue weighted by molar-refractivity contribution is 7.79. The first kappa shape index (κ1) is 30.8. The fraction of sp³-hybridized carbons (Fsp3) is 0.444. The van der Waals surface area contributed by atoms with E-state index in [0.717, 1.165) is 25.8 Å². The van der Waals surface area contributed by atoms with Gasteiger partial charge in [0.25, 0.3) is 5.91 Å². The van der Waals surface area contributed by atoms with Gasteiger partial charge in [-0.25, -0.2) is 0 Å². The van der Waals surface area contributed by atoms with Crippen molar-refractivity contribution in [3.63, 3.8) is 0 Å². The maximum Gasteiger partial charge on any atom is 0.281 e. The summed E-state index contributed by atoms with van der Waals surface area (Å²) < 4.78 is 15.2. The largest absolute Gasteiger partial charge is 1.00 e. The number of halogens is 1. The first-order chi connectivity index (χ1) is 18.1. The van der Waals surface area contributed by atoms with Crippen LogP contribution in [0, 0.1) is 0 Å². The molecule has 2 fully saturated rings. The second kappa shape index (κ2) is 13.1. The number of benzene rings is 2. The molecule has 0 bridgehead atoms. The van der Waals surface area contributed by atoms with Gasteiger partial charge in [-0.05, 0) is 75.2 Å². The molecule has 3 amide bonds. The Hall–Kier alpha value is -2.75. The van der Waals surface area contributed by atoms with Gasteiger partial charge in [-0.15, -0.1) is 0 Å². The van der Waals surface area contributed by atoms with Crippen LogP contribution in [0.15, 0.2) is 48.5 Å². The molecule has 0 aliphatic carbocycles. The van der Waals surface area contributed by atoms with Crippen molar-refractivity contribution in [3.8, 4) is 0 Å². The summed E-state index contributed by atoms with van der Waals surface area (Å²) >= 11 is 0. The maximum absolute atomic E-state index is 15.2. The van der Waals surface area contributed by atoms with Crippen LogP contribution >= 0.6 is 7.14 Å². The molecule has 212 valence electrons. The van der Waals surface area contributed by atoms with E-state index in [0.29, 0.717) is 34.9 Å². The van der Waals surface area contributed by atoms with E-state index in [-0.39, 0.29) is 36.2 Å². The minimum atomic E-state index is -3.35. The van der Waals surface area contributed by atoms with E-state index in [2.05, 4.69) is 16.0 Å². The van der Waals surface area contributed by atoms with Crippen molar-refractivity contribution < 1.29 is 36.7 Å². The second-order valence-electron chi connectivity index (χ2n) is 10.2. The zero-order valence-electron chi connectivity index (χ0n) is 22.3. The van der Waals surface area contributed by atoms with E-state index < -0.39 is 25.0 Å². The number of quaternary nitrogens is 1. The molecule has 2 aromatic carbocycles. The van der Waals surface area contributed by atoms with E-state index in [1.165, 1.54) is 0 Å². The molecule has 2 aromatic rings. The Balaban J connectivity index is 0.00000420. The number of hydrogen-bond donors (Lipinski definition) is 5. The van der Waals surface area contributed by atoms with Gasteiger partial charge in [0, 0.05) is 41.4 Å². The average molecular weight is 577 g/mol. The van der Waals surface area contributed by atoms with E-state index in [1.807, 2.05) is 4.90 Å². The van der Waals surface area contributed by atoms with E-state index in [1.54, 1.807) is 62.4 Å². The minimum absolute atomic E-state index is 0. The third-order valence-corrected chi connectivity index (χ3v) is 10.8. The summed E-state index contributed by atoms with van der Waals surface area (Å²) in [6, 6.07) is 12.4. The molecule has 10 nitrogen and oxygen atoms in total. The number of amides is 3. The Morgan fingerprint density at radius 1 is 0.872 bits per heavy atom. The number of rotatable bonds is 8. The third kappa shape index (κ3) is 6.70. The monoisotopic (exact) mass is 576 g/mol. The molecule has 2 aliphatic heterocycles. The van der Waals surface area contributed by atoms with Gasteiger partial charge in [-0.1, -0.05) is 0 Å². The molecule has 2 heterocycles. The normalized spacial score (nSPS) is 20.6. The fourth-order valence-electron chi connectivity index (χ4n) is 5.13. The molecule has 4 atom stereocenters. The number of hydrogen-bond acceptors (Lipinski definition) is 6. The Morgan fingerprint density at radius 2 is 1.36 bits per heavy atom. The molecule has 0 radical (unpaired) electrons. The minimum Gasteiger partial charge on any atom is -1.00 e. The Labute approximate surface area is 235 Å². The number of carbonyl (C=O) groups excluding carboxylic acids is 3. The molecule has 8 N–H and O–H groups in total. The SMILES string of the molecule is C[C@H](N)C(=O)Nc1ccc(P(=O)(c2ccc(NC(=O)[C@H](C)N)cc2)C2CCCN2C(=O)[C@@H]2CCC[NH2+]2)cc1.[Cl-]. The number of nitrogens with zero attached hydrogens (tertiary/aromatic N) is 1. The fourth-order valence-corrected chi connectivity index (χ4v) is 8.47. The molecular weight excluding hydrogens is 539 g/mol. The van der Waals surface area contributed by atoms with E-state index in [4.69, 9.17) is 11.5 Å². The molecule has 12 heteroatoms. The number of likely N-dealkylation sites (tertiary alicyclic amines) is 1. The predicted molar refractivity (Wildman–Crippen MR) is 149 cm³/mol. The smallest absolute Gasteiger partial charge is 0.281 e. The van der Waals surface area contributed by atoms with Crippen LogP contribution in [0.4, 0.5) is 11.4 Å². The van der Waals surface area contributed by atoms with Crippen LogP contribution in [0.2, 0.25) is 0 Å². The number of anilines is 2. The molecule has 2 aliphatic rings. The molecule has 39 heavy (non-hydrogen) atoms. The lowest BCUT2D eigenvalue weighted by Crippen LogP contribution is -3.00. The summed E-state index contributed by atoms with van der Waals surface area (Å²) in [5.41, 5.74) is 12.4. The van der Waals surface area contributed by atoms with Crippen molar-refractivity contribution in [2.75, 3.05) is 23.7 Å². The van der Waals surface area contributed by atoms with Crippen LogP contribution in [0.3, 0.4) is 0 Å². The van der Waals surface area contributed by atoms with Crippen molar-refractivity contribution in [3.05, 3.63) is 48.5 Å². The van der Waals surface area contributed by atoms with Crippen LogP contribution in [0.5, 0.6) is 0 Å². The average Bonchev–Trinajstić information content (AvgIpc) is 3.62. The van der Waals surface area contributed by atoms with Crippen molar-refractivity contribution >= 4 is 46.8 Å². The van der Waals surface area contributed by atoms with Gasteiger partial charge >= 0.3 is 0 Å². The standard InChI is InChI=1S/C27H37N6O4P.ClH/c1-17(28)25(34)31-19-7-11-21(12-8-19)38(37,22-13-9-20(10-14-22)32-26(35)18(2)29)24-6-4-16-33(24)27(36)23-5-3-15-30-23;/h7-14,17-18,23-24,30H,3-6,15-16,28-29H2,1-2H3,(H,31,34)(H,32,35);1H/t17-,18-,23-,24?;/m0./s1. The molecule has 1 unspecified atom stereocenters. The van der Waals surface area contributed by atoms with Gasteiger partial charge in [0.15, 0.2) is 13.2 Å². The topological polar surface area (TPSA) is 164 Å². The first-order valence-electron chi connectivity index (χ1n) is 13.2. The van der Waals surface area contributed by atoms with Crippen LogP contribution in [-0.2, 0) is 18.9 Å². The molecule has 0 aromatic heterocycles. The molecule has 4 rings (SSSR count). The molecular formula is C27H38ClN6O4P. The number of carbonyl (C=O) groups is 3. The van der Waals surface area contributed by atoms with Gasteiger partial charge in [-0.3, -0.25) is 14.4 Å². The van der Waals surface area contributed by atoms with Crippen molar-refractivity contribution in [2.45, 2.75) is 63.4 Å². The van der Waals surface area contributed by atoms with Crippen LogP contribution in [0.1, 0.15) is 39.5 Å². The summed E-state index contributed by atoms with van der Waals surface area (Å²) in [6.45, 7) is 4.70. The quantitative estimate of drug-likeness (QED) is 0.214. The molecule has 0 spiro atoms. The highest BCUT2D eigenvalue weighted by Gasteiger charge is 2.47. The van der Waals surface area contributed by atoms with Gasteiger partial charge < -0.3 is 49.3 Å². The molecule has 0 saturated carbocycles. The third-order valence-electron chi connectivity index (χ3n) is 7.28. The second-order valence-corrected chi connectivity index (χ2v) is 13.2. The summed E-state index contributed by atoms with van der Waals surface area (Å²) in [5.74, 6) is -1.05. The summed E-state index contributed by atoms with van der Waals surface area (Å²) in [4.78, 5) is 39.4. The van der Waals surface area contributed by atoms with Gasteiger partial charge in [-0.2, -0.15) is 0 Å². The lowest BCUT2D eigenvalue weighted by Gasteiger charge is -2.33. The Bertz CT molecular complexity index is 1150. The highest BCUT2D eigenvalue weighted by Crippen LogP contribution is 2.54. The summed E-state index contributed by atoms with van der Waals surface area (Å²) in [5, 5.41) is 8.79. The number of nitrogens with one attached hydrogen (secondary N) is 2. The first-order valence-corrected chi connectivity index (χ1v) is 15.0. The van der Waals surface area contributed by atoms with Crippen LogP contribution in [0.25, 0.3) is 0 Å². The maximum atomic E-state index is 15.2. The van der Waals surface area contributed by atoms with Gasteiger partial charge in [0.2, 0.25) is 11.8 Å². The van der Waals surface area contributed by atoms with Crippen LogP contribution in [-0.4, -0.2) is 59.6 Å². The summed E-state index contributed by atoms with van der Waals surface area (Å²) in [6.07, 6.45) is 3.23. The van der Waals surface area contributed by atoms with Crippen molar-refractivity contribution in [1.29, 1.82) is 0 Å². The van der Waals surface area contributed by atoms with Gasteiger partial charge in [0.05, 0.1) is 24.4 Å². The van der Waals surface area contributed by atoms with Crippen LogP contribution < -0.4 is 50.4 Å². The number of nitrogens with two attached hydrogens (primary N) is 3. The Kier molecular flexibility index (Phi) is 10.3. The highest BCUT2D eigenvalue weighted by atomic mass is 35.5. The van der Waals surface area contributed by atoms with Gasteiger partial charge in [0.1, 0.15) is 0 Å². The lowest BCUT2D eigenvalue weighted by molar-refractivity contribution is -0.658. The Morgan fingerprint density at radius 3 is 1.77 bits per heavy atom. The molecule has 2 saturated heterocycles.